The number of nitrogens with two attached hydrogens (primary N) is 1. The quantitative estimate of drug-likeness (QED) is 0.425. The minimum absolute atomic E-state index is 0.0543. The van der Waals surface area contributed by atoms with Crippen LogP contribution in [0, 0.1) is 5.41 Å². The normalized spacial score (nSPS) is 14.3. The molecule has 0 bridgehead atoms. The summed E-state index contributed by atoms with van der Waals surface area (Å²) in [6.07, 6.45) is 1.65. The summed E-state index contributed by atoms with van der Waals surface area (Å²) in [7, 11) is 3.41. The standard InChI is InChI=1S/C20H25N5O3/c1-24-7-8-25(13-19(24)26)18-11-14(5-6-23-18)20(22)16-12-15(3-4-17(16)21)28-10-9-27-2/h3-6,11-12,22H,7-10,13,21H2,1-2H3. The number of carbonyl (C=O) groups is 1. The van der Waals surface area contributed by atoms with Gasteiger partial charge in [-0.1, -0.05) is 0 Å². The zero-order valence-corrected chi connectivity index (χ0v) is 16.1. The Labute approximate surface area is 164 Å². The lowest BCUT2D eigenvalue weighted by Gasteiger charge is -2.32. The molecule has 0 spiro atoms. The molecule has 148 valence electrons. The number of hydrogen-bond donors (Lipinski definition) is 2. The van der Waals surface area contributed by atoms with Crippen LogP contribution in [-0.2, 0) is 9.53 Å². The maximum absolute atomic E-state index is 12.0. The largest absolute Gasteiger partial charge is 0.491 e. The second kappa shape index (κ2) is 8.71. The molecular weight excluding hydrogens is 358 g/mol. The average Bonchev–Trinajstić information content (AvgIpc) is 2.71. The van der Waals surface area contributed by atoms with E-state index < -0.39 is 0 Å². The number of benzene rings is 1. The first kappa shape index (κ1) is 19.6. The van der Waals surface area contributed by atoms with E-state index in [-0.39, 0.29) is 18.2 Å². The topological polar surface area (TPSA) is 105 Å². The molecule has 28 heavy (non-hydrogen) atoms. The molecule has 2 heterocycles. The van der Waals surface area contributed by atoms with E-state index in [1.54, 1.807) is 49.5 Å². The number of nitrogens with zero attached hydrogens (tertiary/aromatic N) is 3. The summed E-state index contributed by atoms with van der Waals surface area (Å²) in [5, 5.41) is 8.62. The van der Waals surface area contributed by atoms with Gasteiger partial charge in [-0.3, -0.25) is 10.2 Å². The van der Waals surface area contributed by atoms with Crippen molar-refractivity contribution in [3.8, 4) is 5.75 Å². The van der Waals surface area contributed by atoms with Crippen molar-refractivity contribution in [2.24, 2.45) is 0 Å². The van der Waals surface area contributed by atoms with E-state index in [9.17, 15) is 4.79 Å². The fourth-order valence-electron chi connectivity index (χ4n) is 2.94. The van der Waals surface area contributed by atoms with Crippen LogP contribution in [0.4, 0.5) is 11.5 Å². The minimum Gasteiger partial charge on any atom is -0.491 e. The highest BCUT2D eigenvalue weighted by atomic mass is 16.5. The van der Waals surface area contributed by atoms with E-state index in [4.69, 9.17) is 20.6 Å². The number of anilines is 2. The van der Waals surface area contributed by atoms with Crippen molar-refractivity contribution in [1.29, 1.82) is 5.41 Å². The van der Waals surface area contributed by atoms with Crippen molar-refractivity contribution >= 4 is 23.1 Å². The number of ether oxygens (including phenoxy) is 2. The number of likely N-dealkylation sites (N-methyl/N-ethyl adjacent to an activating group) is 1. The molecule has 0 saturated carbocycles. The van der Waals surface area contributed by atoms with Crippen molar-refractivity contribution in [2.45, 2.75) is 0 Å². The zero-order valence-electron chi connectivity index (χ0n) is 16.1. The van der Waals surface area contributed by atoms with Crippen molar-refractivity contribution in [2.75, 3.05) is 57.6 Å². The monoisotopic (exact) mass is 383 g/mol. The number of amides is 1. The Morgan fingerprint density at radius 1 is 1.25 bits per heavy atom. The lowest BCUT2D eigenvalue weighted by molar-refractivity contribution is -0.129. The van der Waals surface area contributed by atoms with Gasteiger partial charge in [-0.25, -0.2) is 4.98 Å². The summed E-state index contributed by atoms with van der Waals surface area (Å²) in [5.41, 5.74) is 8.14. The molecule has 0 aliphatic carbocycles. The maximum atomic E-state index is 12.0. The molecule has 1 aliphatic heterocycles. The summed E-state index contributed by atoms with van der Waals surface area (Å²) in [5.74, 6) is 1.36. The van der Waals surface area contributed by atoms with Crippen LogP contribution >= 0.6 is 0 Å². The van der Waals surface area contributed by atoms with Crippen LogP contribution in [0.5, 0.6) is 5.75 Å². The zero-order chi connectivity index (χ0) is 20.1. The first-order valence-electron chi connectivity index (χ1n) is 9.05. The van der Waals surface area contributed by atoms with Crippen LogP contribution in [-0.4, -0.2) is 68.5 Å². The number of nitrogen functional groups attached to an aromatic ring is 1. The Hall–Kier alpha value is -3.13. The van der Waals surface area contributed by atoms with Gasteiger partial charge in [0, 0.05) is 50.3 Å². The lowest BCUT2D eigenvalue weighted by atomic mass is 10.0. The lowest BCUT2D eigenvalue weighted by Crippen LogP contribution is -2.48. The van der Waals surface area contributed by atoms with Crippen LogP contribution in [0.1, 0.15) is 11.1 Å². The van der Waals surface area contributed by atoms with Gasteiger partial charge in [0.15, 0.2) is 0 Å². The van der Waals surface area contributed by atoms with Crippen LogP contribution < -0.4 is 15.4 Å². The van der Waals surface area contributed by atoms with Gasteiger partial charge in [0.1, 0.15) is 18.2 Å². The minimum atomic E-state index is 0.0543. The predicted octanol–water partition coefficient (Wildman–Crippen LogP) is 1.38. The van der Waals surface area contributed by atoms with E-state index in [0.29, 0.717) is 54.7 Å². The molecule has 1 amide bonds. The van der Waals surface area contributed by atoms with Gasteiger partial charge in [0.05, 0.1) is 18.9 Å². The van der Waals surface area contributed by atoms with Gasteiger partial charge in [-0.2, -0.15) is 0 Å². The second-order valence-corrected chi connectivity index (χ2v) is 6.60. The van der Waals surface area contributed by atoms with Crippen molar-refractivity contribution in [3.05, 3.63) is 47.7 Å². The number of methoxy groups -OCH3 is 1. The molecular formula is C20H25N5O3. The number of nitrogens with one attached hydrogen (secondary N) is 1. The van der Waals surface area contributed by atoms with Gasteiger partial charge in [-0.05, 0) is 30.3 Å². The molecule has 8 nitrogen and oxygen atoms in total. The van der Waals surface area contributed by atoms with E-state index in [2.05, 4.69) is 4.98 Å². The Morgan fingerprint density at radius 3 is 2.82 bits per heavy atom. The molecule has 3 rings (SSSR count). The molecule has 0 atom stereocenters. The molecule has 2 aromatic rings. The summed E-state index contributed by atoms with van der Waals surface area (Å²) in [6.45, 7) is 2.54. The van der Waals surface area contributed by atoms with Gasteiger partial charge in [0.2, 0.25) is 5.91 Å². The highest BCUT2D eigenvalue weighted by Crippen LogP contribution is 2.24. The van der Waals surface area contributed by atoms with Crippen LogP contribution in [0.25, 0.3) is 0 Å². The summed E-state index contributed by atoms with van der Waals surface area (Å²) in [6, 6.07) is 8.84. The van der Waals surface area contributed by atoms with Crippen molar-refractivity contribution < 1.29 is 14.3 Å². The van der Waals surface area contributed by atoms with E-state index in [1.807, 2.05) is 11.0 Å². The van der Waals surface area contributed by atoms with Gasteiger partial charge in [-0.15, -0.1) is 0 Å². The Bertz CT molecular complexity index is 871. The smallest absolute Gasteiger partial charge is 0.241 e. The Balaban J connectivity index is 1.81. The van der Waals surface area contributed by atoms with Crippen LogP contribution in [0.3, 0.4) is 0 Å². The summed E-state index contributed by atoms with van der Waals surface area (Å²) in [4.78, 5) is 20.0. The third-order valence-electron chi connectivity index (χ3n) is 4.67. The molecule has 1 aromatic carbocycles. The molecule has 1 saturated heterocycles. The van der Waals surface area contributed by atoms with E-state index in [1.165, 1.54) is 0 Å². The number of rotatable bonds is 7. The summed E-state index contributed by atoms with van der Waals surface area (Å²) >= 11 is 0. The third-order valence-corrected chi connectivity index (χ3v) is 4.67. The molecule has 0 unspecified atom stereocenters. The first-order valence-corrected chi connectivity index (χ1v) is 9.05. The van der Waals surface area contributed by atoms with E-state index >= 15 is 0 Å². The van der Waals surface area contributed by atoms with Crippen molar-refractivity contribution in [3.63, 3.8) is 0 Å². The Morgan fingerprint density at radius 2 is 2.07 bits per heavy atom. The fourth-order valence-corrected chi connectivity index (χ4v) is 2.94. The third kappa shape index (κ3) is 4.40. The number of pyridine rings is 1. The van der Waals surface area contributed by atoms with Gasteiger partial charge >= 0.3 is 0 Å². The first-order chi connectivity index (χ1) is 13.5. The van der Waals surface area contributed by atoms with Crippen molar-refractivity contribution in [1.82, 2.24) is 9.88 Å². The predicted molar refractivity (Wildman–Crippen MR) is 108 cm³/mol. The molecule has 1 fully saturated rings. The SMILES string of the molecule is COCCOc1ccc(N)c(C(=N)c2ccnc(N3CCN(C)C(=O)C3)c2)c1. The summed E-state index contributed by atoms with van der Waals surface area (Å²) < 4.78 is 10.6. The van der Waals surface area contributed by atoms with Crippen LogP contribution in [0.2, 0.25) is 0 Å². The molecule has 3 N–H and O–H groups in total. The number of hydrogen-bond acceptors (Lipinski definition) is 7. The van der Waals surface area contributed by atoms with Gasteiger partial charge in [0.25, 0.3) is 0 Å². The molecule has 8 heteroatoms. The van der Waals surface area contributed by atoms with Gasteiger partial charge < -0.3 is 25.0 Å². The second-order valence-electron chi connectivity index (χ2n) is 6.60. The highest BCUT2D eigenvalue weighted by Gasteiger charge is 2.22. The average molecular weight is 383 g/mol. The molecule has 1 aliphatic rings. The van der Waals surface area contributed by atoms with Crippen LogP contribution in [0.15, 0.2) is 36.5 Å². The number of piperazine rings is 1. The Kier molecular flexibility index (Phi) is 6.10. The number of carbonyl (C=O) groups excluding carboxylic acids is 1. The maximum Gasteiger partial charge on any atom is 0.241 e. The van der Waals surface area contributed by atoms with E-state index in [0.717, 1.165) is 0 Å². The fraction of sp³-hybridized carbons (Fsp3) is 0.350. The highest BCUT2D eigenvalue weighted by molar-refractivity contribution is 6.14. The number of aromatic nitrogens is 1. The molecule has 0 radical (unpaired) electrons. The molecule has 1 aromatic heterocycles.